The van der Waals surface area contributed by atoms with E-state index in [0.29, 0.717) is 5.88 Å². The summed E-state index contributed by atoms with van der Waals surface area (Å²) in [4.78, 5) is 0. The second kappa shape index (κ2) is 6.22. The van der Waals surface area contributed by atoms with Gasteiger partial charge in [0.05, 0.1) is 6.21 Å². The lowest BCUT2D eigenvalue weighted by molar-refractivity contribution is 0.322. The van der Waals surface area contributed by atoms with Crippen LogP contribution in [0.25, 0.3) is 6.08 Å². The fourth-order valence-corrected chi connectivity index (χ4v) is 1.24. The molecule has 1 N–H and O–H groups in total. The number of nitrogens with zero attached hydrogens (tertiary/aromatic N) is 1. The Hall–Kier alpha value is -1.28. The third-order valence-corrected chi connectivity index (χ3v) is 1.98. The largest absolute Gasteiger partial charge is 0.411 e. The molecule has 0 spiro atoms. The first-order valence-electron chi connectivity index (χ1n) is 4.37. The van der Waals surface area contributed by atoms with E-state index in [2.05, 4.69) is 5.16 Å². The maximum absolute atomic E-state index is 8.44. The number of halogens is 1. The van der Waals surface area contributed by atoms with Gasteiger partial charge < -0.3 is 5.21 Å². The van der Waals surface area contributed by atoms with Gasteiger partial charge in [0.25, 0.3) is 0 Å². The molecule has 0 aromatic heterocycles. The molecule has 3 heteroatoms. The van der Waals surface area contributed by atoms with Crippen molar-refractivity contribution in [2.24, 2.45) is 5.16 Å². The van der Waals surface area contributed by atoms with E-state index in [1.54, 1.807) is 0 Å². The second-order valence-electron chi connectivity index (χ2n) is 2.75. The van der Waals surface area contributed by atoms with Crippen LogP contribution in [0.3, 0.4) is 0 Å². The molecule has 0 amide bonds. The van der Waals surface area contributed by atoms with Crippen LogP contribution >= 0.6 is 11.6 Å². The van der Waals surface area contributed by atoms with E-state index in [4.69, 9.17) is 16.8 Å². The molecule has 0 saturated heterocycles. The van der Waals surface area contributed by atoms with Crippen LogP contribution in [0.2, 0.25) is 0 Å². The maximum Gasteiger partial charge on any atom is 0.0739 e. The van der Waals surface area contributed by atoms with Gasteiger partial charge in [-0.1, -0.05) is 41.6 Å². The lowest BCUT2D eigenvalue weighted by Crippen LogP contribution is -1.85. The Labute approximate surface area is 88.5 Å². The first-order valence-corrected chi connectivity index (χ1v) is 4.91. The molecule has 0 atom stereocenters. The van der Waals surface area contributed by atoms with Gasteiger partial charge >= 0.3 is 0 Å². The summed E-state index contributed by atoms with van der Waals surface area (Å²) in [5.41, 5.74) is 1.91. The Balaban J connectivity index is 2.84. The number of hydrogen-bond acceptors (Lipinski definition) is 2. The molecule has 0 aliphatic carbocycles. The standard InChI is InChI=1S/C11H12ClNO/c12-8-4-3-6-10-5-1-2-7-11(10)9-13-14/h1-3,5-7,9,14H,4,8H2. The van der Waals surface area contributed by atoms with Crippen molar-refractivity contribution in [2.75, 3.05) is 5.88 Å². The van der Waals surface area contributed by atoms with Gasteiger partial charge in [-0.2, -0.15) is 0 Å². The summed E-state index contributed by atoms with van der Waals surface area (Å²) in [6.07, 6.45) is 6.23. The van der Waals surface area contributed by atoms with Crippen molar-refractivity contribution in [2.45, 2.75) is 6.42 Å². The van der Waals surface area contributed by atoms with Crippen LogP contribution in [0, 0.1) is 0 Å². The highest BCUT2D eigenvalue weighted by atomic mass is 35.5. The molecule has 0 saturated carbocycles. The summed E-state index contributed by atoms with van der Waals surface area (Å²) in [5, 5.41) is 11.4. The second-order valence-corrected chi connectivity index (χ2v) is 3.13. The molecular formula is C11H12ClNO. The molecule has 0 bridgehead atoms. The number of allylic oxidation sites excluding steroid dienone is 1. The summed E-state index contributed by atoms with van der Waals surface area (Å²) in [6, 6.07) is 7.69. The fraction of sp³-hybridized carbons (Fsp3) is 0.182. The summed E-state index contributed by atoms with van der Waals surface area (Å²) < 4.78 is 0. The highest BCUT2D eigenvalue weighted by Gasteiger charge is 1.93. The Morgan fingerprint density at radius 3 is 2.64 bits per heavy atom. The molecule has 0 aliphatic rings. The third kappa shape index (κ3) is 3.23. The van der Waals surface area contributed by atoms with E-state index in [-0.39, 0.29) is 0 Å². The van der Waals surface area contributed by atoms with Crippen molar-refractivity contribution in [3.05, 3.63) is 41.5 Å². The Kier molecular flexibility index (Phi) is 4.79. The zero-order valence-electron chi connectivity index (χ0n) is 7.73. The van der Waals surface area contributed by atoms with E-state index in [1.165, 1.54) is 6.21 Å². The van der Waals surface area contributed by atoms with Crippen molar-refractivity contribution >= 4 is 23.9 Å². The van der Waals surface area contributed by atoms with Crippen LogP contribution in [-0.4, -0.2) is 17.3 Å². The van der Waals surface area contributed by atoms with E-state index in [0.717, 1.165) is 17.5 Å². The normalized spacial score (nSPS) is 11.5. The van der Waals surface area contributed by atoms with Crippen molar-refractivity contribution in [1.82, 2.24) is 0 Å². The predicted molar refractivity (Wildman–Crippen MR) is 60.2 cm³/mol. The number of oxime groups is 1. The molecule has 1 rings (SSSR count). The highest BCUT2D eigenvalue weighted by Crippen LogP contribution is 2.09. The summed E-state index contributed by atoms with van der Waals surface area (Å²) in [6.45, 7) is 0. The molecule has 2 nitrogen and oxygen atoms in total. The predicted octanol–water partition coefficient (Wildman–Crippen LogP) is 3.14. The van der Waals surface area contributed by atoms with E-state index < -0.39 is 0 Å². The molecule has 1 aromatic rings. The molecule has 0 fully saturated rings. The molecule has 1 aromatic carbocycles. The van der Waals surface area contributed by atoms with Crippen LogP contribution in [0.1, 0.15) is 17.5 Å². The minimum absolute atomic E-state index is 0.618. The SMILES string of the molecule is ON=Cc1ccccc1C=CCCCl. The van der Waals surface area contributed by atoms with Crippen LogP contribution < -0.4 is 0 Å². The van der Waals surface area contributed by atoms with Gasteiger partial charge in [-0.3, -0.25) is 0 Å². The van der Waals surface area contributed by atoms with Gasteiger partial charge in [0.2, 0.25) is 0 Å². The van der Waals surface area contributed by atoms with E-state index in [1.807, 2.05) is 36.4 Å². The Morgan fingerprint density at radius 1 is 1.29 bits per heavy atom. The van der Waals surface area contributed by atoms with Crippen molar-refractivity contribution in [1.29, 1.82) is 0 Å². The smallest absolute Gasteiger partial charge is 0.0739 e. The fourth-order valence-electron chi connectivity index (χ4n) is 1.12. The lowest BCUT2D eigenvalue weighted by Gasteiger charge is -1.97. The minimum Gasteiger partial charge on any atom is -0.411 e. The van der Waals surface area contributed by atoms with Gasteiger partial charge in [0.15, 0.2) is 0 Å². The van der Waals surface area contributed by atoms with Crippen LogP contribution in [0.5, 0.6) is 0 Å². The van der Waals surface area contributed by atoms with Gasteiger partial charge in [0.1, 0.15) is 0 Å². The quantitative estimate of drug-likeness (QED) is 0.351. The lowest BCUT2D eigenvalue weighted by atomic mass is 10.1. The van der Waals surface area contributed by atoms with Gasteiger partial charge in [-0.15, -0.1) is 11.6 Å². The van der Waals surface area contributed by atoms with Crippen molar-refractivity contribution in [3.63, 3.8) is 0 Å². The zero-order chi connectivity index (χ0) is 10.2. The van der Waals surface area contributed by atoms with Crippen molar-refractivity contribution < 1.29 is 5.21 Å². The number of alkyl halides is 1. The van der Waals surface area contributed by atoms with Crippen LogP contribution in [0.4, 0.5) is 0 Å². The van der Waals surface area contributed by atoms with Crippen LogP contribution in [0.15, 0.2) is 35.5 Å². The van der Waals surface area contributed by atoms with Gasteiger partial charge in [-0.05, 0) is 12.0 Å². The van der Waals surface area contributed by atoms with Gasteiger partial charge in [-0.25, -0.2) is 0 Å². The van der Waals surface area contributed by atoms with Crippen molar-refractivity contribution in [3.8, 4) is 0 Å². The number of rotatable bonds is 4. The summed E-state index contributed by atoms with van der Waals surface area (Å²) in [5.74, 6) is 0.618. The van der Waals surface area contributed by atoms with E-state index in [9.17, 15) is 0 Å². The molecule has 0 radical (unpaired) electrons. The van der Waals surface area contributed by atoms with E-state index >= 15 is 0 Å². The Morgan fingerprint density at radius 2 is 2.00 bits per heavy atom. The number of hydrogen-bond donors (Lipinski definition) is 1. The monoisotopic (exact) mass is 209 g/mol. The highest BCUT2D eigenvalue weighted by molar-refractivity contribution is 6.17. The topological polar surface area (TPSA) is 32.6 Å². The van der Waals surface area contributed by atoms with Crippen LogP contribution in [-0.2, 0) is 0 Å². The summed E-state index contributed by atoms with van der Waals surface area (Å²) >= 11 is 5.55. The molecule has 0 heterocycles. The molecule has 74 valence electrons. The molecular weight excluding hydrogens is 198 g/mol. The average Bonchev–Trinajstić information content (AvgIpc) is 2.21. The zero-order valence-corrected chi connectivity index (χ0v) is 8.48. The maximum atomic E-state index is 8.44. The first kappa shape index (κ1) is 10.8. The summed E-state index contributed by atoms with van der Waals surface area (Å²) in [7, 11) is 0. The molecule has 0 unspecified atom stereocenters. The average molecular weight is 210 g/mol. The first-order chi connectivity index (χ1) is 6.88. The Bertz CT molecular complexity index is 334. The molecule has 0 aliphatic heterocycles. The minimum atomic E-state index is 0.618. The molecule has 14 heavy (non-hydrogen) atoms. The van der Waals surface area contributed by atoms with Gasteiger partial charge in [0, 0.05) is 11.4 Å². The third-order valence-electron chi connectivity index (χ3n) is 1.77. The number of benzene rings is 1.